The number of thioether (sulfide) groups is 1. The summed E-state index contributed by atoms with van der Waals surface area (Å²) >= 11 is 1.40. The second kappa shape index (κ2) is 9.05. The molecule has 2 amide bonds. The molecule has 1 N–H and O–H groups in total. The zero-order valence-corrected chi connectivity index (χ0v) is 15.5. The summed E-state index contributed by atoms with van der Waals surface area (Å²) in [6.07, 6.45) is 4.34. The van der Waals surface area contributed by atoms with Crippen LogP contribution in [0.4, 0.5) is 0 Å². The fraction of sp³-hybridized carbons (Fsp3) is 0.750. The normalized spacial score (nSPS) is 18.0. The van der Waals surface area contributed by atoms with Crippen molar-refractivity contribution in [2.24, 2.45) is 5.92 Å². The summed E-state index contributed by atoms with van der Waals surface area (Å²) in [6, 6.07) is 0.263. The molecule has 0 saturated carbocycles. The van der Waals surface area contributed by atoms with Gasteiger partial charge < -0.3 is 14.8 Å². The molecule has 1 saturated heterocycles. The van der Waals surface area contributed by atoms with Crippen molar-refractivity contribution in [3.63, 3.8) is 0 Å². The van der Waals surface area contributed by atoms with Gasteiger partial charge >= 0.3 is 0 Å². The lowest BCUT2D eigenvalue weighted by atomic mass is 9.97. The molecule has 0 radical (unpaired) electrons. The summed E-state index contributed by atoms with van der Waals surface area (Å²) in [5.74, 6) is 0.376. The number of amides is 2. The summed E-state index contributed by atoms with van der Waals surface area (Å²) in [5, 5.41) is 11.7. The van der Waals surface area contributed by atoms with Crippen LogP contribution in [0.15, 0.2) is 11.5 Å². The van der Waals surface area contributed by atoms with Crippen LogP contribution in [0.2, 0.25) is 0 Å². The molecular formula is C16H27N5O2S. The van der Waals surface area contributed by atoms with E-state index in [0.29, 0.717) is 18.8 Å². The summed E-state index contributed by atoms with van der Waals surface area (Å²) < 4.78 is 1.95. The highest BCUT2D eigenvalue weighted by Gasteiger charge is 2.28. The van der Waals surface area contributed by atoms with Crippen LogP contribution >= 0.6 is 11.8 Å². The zero-order chi connectivity index (χ0) is 17.5. The van der Waals surface area contributed by atoms with Crippen LogP contribution in [-0.2, 0) is 9.59 Å². The molecule has 2 heterocycles. The van der Waals surface area contributed by atoms with E-state index >= 15 is 0 Å². The highest BCUT2D eigenvalue weighted by atomic mass is 32.2. The largest absolute Gasteiger partial charge is 0.356 e. The number of hydrogen-bond donors (Lipinski definition) is 1. The van der Waals surface area contributed by atoms with Gasteiger partial charge in [-0.3, -0.25) is 9.59 Å². The second-order valence-electron chi connectivity index (χ2n) is 6.37. The minimum atomic E-state index is -0.0847. The zero-order valence-electron chi connectivity index (χ0n) is 14.7. The predicted octanol–water partition coefficient (Wildman–Crippen LogP) is 1.72. The molecule has 24 heavy (non-hydrogen) atoms. The van der Waals surface area contributed by atoms with Crippen LogP contribution in [-0.4, -0.2) is 56.9 Å². The fourth-order valence-corrected chi connectivity index (χ4v) is 3.66. The van der Waals surface area contributed by atoms with E-state index in [0.717, 1.165) is 31.0 Å². The van der Waals surface area contributed by atoms with Crippen LogP contribution in [0.1, 0.15) is 46.1 Å². The molecule has 0 aliphatic carbocycles. The quantitative estimate of drug-likeness (QED) is 0.755. The van der Waals surface area contributed by atoms with E-state index in [1.807, 2.05) is 16.4 Å². The topological polar surface area (TPSA) is 80.1 Å². The minimum absolute atomic E-state index is 0.0614. The molecule has 0 aromatic carbocycles. The van der Waals surface area contributed by atoms with Gasteiger partial charge in [-0.1, -0.05) is 18.7 Å². The molecule has 1 aliphatic rings. The van der Waals surface area contributed by atoms with Crippen molar-refractivity contribution in [2.45, 2.75) is 51.2 Å². The Hall–Kier alpha value is -1.57. The SMILES string of the molecule is CCCNC(=O)C1CCCN(C(=O)CSc2nncn2C(C)C)C1. The van der Waals surface area contributed by atoms with Gasteiger partial charge in [-0.25, -0.2) is 0 Å². The number of nitrogens with zero attached hydrogens (tertiary/aromatic N) is 4. The lowest BCUT2D eigenvalue weighted by Gasteiger charge is -2.32. The Bertz CT molecular complexity index is 560. The maximum absolute atomic E-state index is 12.5. The highest BCUT2D eigenvalue weighted by molar-refractivity contribution is 7.99. The molecule has 1 atom stereocenters. The Balaban J connectivity index is 1.85. The Labute approximate surface area is 147 Å². The first-order chi connectivity index (χ1) is 11.5. The van der Waals surface area contributed by atoms with Crippen molar-refractivity contribution >= 4 is 23.6 Å². The van der Waals surface area contributed by atoms with Gasteiger partial charge in [-0.05, 0) is 33.1 Å². The molecule has 1 aliphatic heterocycles. The van der Waals surface area contributed by atoms with Crippen LogP contribution in [0.3, 0.4) is 0 Å². The summed E-state index contributed by atoms with van der Waals surface area (Å²) in [4.78, 5) is 26.4. The fourth-order valence-electron chi connectivity index (χ4n) is 2.72. The number of nitrogens with one attached hydrogen (secondary N) is 1. The van der Waals surface area contributed by atoms with Crippen molar-refractivity contribution in [1.82, 2.24) is 25.0 Å². The van der Waals surface area contributed by atoms with Gasteiger partial charge in [0.15, 0.2) is 5.16 Å². The summed E-state index contributed by atoms with van der Waals surface area (Å²) in [7, 11) is 0. The maximum Gasteiger partial charge on any atom is 0.233 e. The Kier molecular flexibility index (Phi) is 7.08. The summed E-state index contributed by atoms with van der Waals surface area (Å²) in [5.41, 5.74) is 0. The maximum atomic E-state index is 12.5. The van der Waals surface area contributed by atoms with Gasteiger partial charge in [0, 0.05) is 25.7 Å². The van der Waals surface area contributed by atoms with Gasteiger partial charge in [0.05, 0.1) is 11.7 Å². The van der Waals surface area contributed by atoms with Crippen molar-refractivity contribution in [2.75, 3.05) is 25.4 Å². The number of carbonyl (C=O) groups excluding carboxylic acids is 2. The number of hydrogen-bond acceptors (Lipinski definition) is 5. The second-order valence-corrected chi connectivity index (χ2v) is 7.32. The Morgan fingerprint density at radius 2 is 2.25 bits per heavy atom. The Morgan fingerprint density at radius 1 is 1.46 bits per heavy atom. The number of aromatic nitrogens is 3. The van der Waals surface area contributed by atoms with Crippen molar-refractivity contribution in [1.29, 1.82) is 0 Å². The average molecular weight is 353 g/mol. The van der Waals surface area contributed by atoms with Crippen molar-refractivity contribution < 1.29 is 9.59 Å². The van der Waals surface area contributed by atoms with E-state index < -0.39 is 0 Å². The molecule has 134 valence electrons. The van der Waals surface area contributed by atoms with Gasteiger partial charge in [0.2, 0.25) is 11.8 Å². The monoisotopic (exact) mass is 353 g/mol. The number of carbonyl (C=O) groups is 2. The first kappa shape index (κ1) is 18.8. The third-order valence-corrected chi connectivity index (χ3v) is 5.06. The van der Waals surface area contributed by atoms with Crippen LogP contribution < -0.4 is 5.32 Å². The smallest absolute Gasteiger partial charge is 0.233 e. The van der Waals surface area contributed by atoms with Gasteiger partial charge in [0.25, 0.3) is 0 Å². The van der Waals surface area contributed by atoms with E-state index in [2.05, 4.69) is 29.4 Å². The van der Waals surface area contributed by atoms with Crippen LogP contribution in [0, 0.1) is 5.92 Å². The van der Waals surface area contributed by atoms with Gasteiger partial charge in [-0.15, -0.1) is 10.2 Å². The van der Waals surface area contributed by atoms with E-state index in [-0.39, 0.29) is 23.8 Å². The van der Waals surface area contributed by atoms with Crippen LogP contribution in [0.5, 0.6) is 0 Å². The molecule has 0 spiro atoms. The first-order valence-electron chi connectivity index (χ1n) is 8.60. The summed E-state index contributed by atoms with van der Waals surface area (Å²) in [6.45, 7) is 8.09. The van der Waals surface area contributed by atoms with Gasteiger partial charge in [0.1, 0.15) is 6.33 Å². The molecule has 2 rings (SSSR count). The van der Waals surface area contributed by atoms with E-state index in [9.17, 15) is 9.59 Å². The third kappa shape index (κ3) is 4.96. The number of likely N-dealkylation sites (tertiary alicyclic amines) is 1. The molecule has 1 fully saturated rings. The third-order valence-electron chi connectivity index (χ3n) is 4.12. The molecule has 8 heteroatoms. The molecular weight excluding hydrogens is 326 g/mol. The van der Waals surface area contributed by atoms with Gasteiger partial charge in [-0.2, -0.15) is 0 Å². The van der Waals surface area contributed by atoms with Crippen molar-refractivity contribution in [3.05, 3.63) is 6.33 Å². The first-order valence-corrected chi connectivity index (χ1v) is 9.59. The molecule has 1 aromatic heterocycles. The standard InChI is InChI=1S/C16H27N5O2S/c1-4-7-17-15(23)13-6-5-8-20(9-13)14(22)10-24-16-19-18-11-21(16)12(2)3/h11-13H,4-10H2,1-3H3,(H,17,23). The lowest BCUT2D eigenvalue weighted by molar-refractivity contribution is -0.133. The lowest BCUT2D eigenvalue weighted by Crippen LogP contribution is -2.46. The molecule has 1 aromatic rings. The van der Waals surface area contributed by atoms with Crippen molar-refractivity contribution in [3.8, 4) is 0 Å². The molecule has 1 unspecified atom stereocenters. The van der Waals surface area contributed by atoms with E-state index in [1.165, 1.54) is 11.8 Å². The molecule has 0 bridgehead atoms. The Morgan fingerprint density at radius 3 is 2.96 bits per heavy atom. The average Bonchev–Trinajstić information content (AvgIpc) is 3.06. The van der Waals surface area contributed by atoms with Crippen LogP contribution in [0.25, 0.3) is 0 Å². The van der Waals surface area contributed by atoms with E-state index in [1.54, 1.807) is 6.33 Å². The minimum Gasteiger partial charge on any atom is -0.356 e. The number of piperidine rings is 1. The predicted molar refractivity (Wildman–Crippen MR) is 93.7 cm³/mol. The number of rotatable bonds is 7. The van der Waals surface area contributed by atoms with E-state index in [4.69, 9.17) is 0 Å². The molecule has 7 nitrogen and oxygen atoms in total. The highest BCUT2D eigenvalue weighted by Crippen LogP contribution is 2.21.